The van der Waals surface area contributed by atoms with Gasteiger partial charge < -0.3 is 0 Å². The Bertz CT molecular complexity index is 6.90. The fourth-order valence-corrected chi connectivity index (χ4v) is 0. The molecule has 0 fully saturated rings. The van der Waals surface area contributed by atoms with E-state index in [-0.39, 0.29) is 161 Å². The summed E-state index contributed by atoms with van der Waals surface area (Å²) in [4.78, 5) is 0. The van der Waals surface area contributed by atoms with E-state index in [4.69, 9.17) is 0 Å². The minimum absolute atomic E-state index is 0. The number of hydrogen-bond donors (Lipinski definition) is 0. The van der Waals surface area contributed by atoms with Crippen LogP contribution >= 0.6 is 0 Å². The quantitative estimate of drug-likeness (QED) is 0.212. The van der Waals surface area contributed by atoms with Gasteiger partial charge >= 0.3 is 161 Å². The first kappa shape index (κ1) is 55.7. The van der Waals surface area contributed by atoms with Crippen LogP contribution in [0, 0.1) is 0 Å². The summed E-state index contributed by atoms with van der Waals surface area (Å²) in [5.41, 5.74) is 0. The van der Waals surface area contributed by atoms with E-state index in [0.29, 0.717) is 0 Å². The van der Waals surface area contributed by atoms with Gasteiger partial charge in [0.1, 0.15) is 0 Å². The van der Waals surface area contributed by atoms with Crippen LogP contribution in [0.4, 0.5) is 0 Å². The molecule has 0 amide bonds. The summed E-state index contributed by atoms with van der Waals surface area (Å²) in [5.74, 6) is 0. The fraction of sp³-hybridized carbons (Fsp3) is 0. The van der Waals surface area contributed by atoms with Crippen molar-refractivity contribution in [1.29, 1.82) is 0 Å². The molecule has 0 aliphatic heterocycles. The average Bonchev–Trinajstić information content (AvgIpc) is 0. The van der Waals surface area contributed by atoms with Crippen LogP contribution in [0.15, 0.2) is 0 Å². The zero-order chi connectivity index (χ0) is 0. The predicted octanol–water partition coefficient (Wildman–Crippen LogP) is -7.96. The van der Waals surface area contributed by atoms with Crippen LogP contribution in [0.1, 0.15) is 0 Å². The molecule has 0 atom stereocenters. The van der Waals surface area contributed by atoms with Crippen LogP contribution < -0.4 is 0 Å². The van der Waals surface area contributed by atoms with Gasteiger partial charge in [0.2, 0.25) is 0 Å². The molecule has 0 aromatic carbocycles. The summed E-state index contributed by atoms with van der Waals surface area (Å²) in [5, 5.41) is 0. The van der Waals surface area contributed by atoms with E-state index >= 15 is 0 Å². The van der Waals surface area contributed by atoms with Crippen molar-refractivity contribution in [3.63, 3.8) is 0 Å². The van der Waals surface area contributed by atoms with Gasteiger partial charge in [-0.3, -0.25) is 0 Å². The van der Waals surface area contributed by atoms with E-state index < -0.39 is 0 Å². The first-order valence-corrected chi connectivity index (χ1v) is 0. The Morgan fingerprint density at radius 2 is 0.286 bits per heavy atom. The third-order valence-corrected chi connectivity index (χ3v) is 0. The molecule has 0 aliphatic carbocycles. The van der Waals surface area contributed by atoms with E-state index in [1.807, 2.05) is 0 Å². The molecular formula is H24Pt3Sb4. The molecule has 0 bridgehead atoms. The van der Waals surface area contributed by atoms with Crippen molar-refractivity contribution in [1.82, 2.24) is 0 Å². The van der Waals surface area contributed by atoms with Gasteiger partial charge in [-0.2, -0.15) is 0 Å². The summed E-state index contributed by atoms with van der Waals surface area (Å²) in [7, 11) is 0. The summed E-state index contributed by atoms with van der Waals surface area (Å²) in [6, 6.07) is 0. The minimum atomic E-state index is 0. The Labute approximate surface area is 157 Å². The molecule has 0 saturated carbocycles. The molecule has 74 valence electrons. The first-order chi connectivity index (χ1) is 0. The molecule has 0 spiro atoms. The fourth-order valence-electron chi connectivity index (χ4n) is 0. The number of hydrogen-bond acceptors (Lipinski definition) is 0. The second-order valence-corrected chi connectivity index (χ2v) is 0. The van der Waals surface area contributed by atoms with E-state index in [1.54, 1.807) is 0 Å². The summed E-state index contributed by atoms with van der Waals surface area (Å²) >= 11 is 0. The normalized spacial score (nSPS) is 0. The van der Waals surface area contributed by atoms with Gasteiger partial charge in [0.05, 0.1) is 0 Å². The third kappa shape index (κ3) is 34.7. The van der Waals surface area contributed by atoms with Crippen LogP contribution in [0.25, 0.3) is 0 Å². The monoisotopic (exact) mass is 1090 g/mol. The van der Waals surface area contributed by atoms with Crippen molar-refractivity contribution in [2.75, 3.05) is 0 Å². The Morgan fingerprint density at radius 3 is 0.286 bits per heavy atom. The molecule has 0 unspecified atom stereocenters. The molecule has 0 aromatic rings. The van der Waals surface area contributed by atoms with Crippen LogP contribution in [-0.4, -0.2) is 97.7 Å². The standard InChI is InChI=1S/3Pt.4Sb.24H/q3*+4;4*-3;;;;;;;;;;;;;;;;;;;;;;;;. The van der Waals surface area contributed by atoms with Gasteiger partial charge in [0, 0.05) is 0 Å². The van der Waals surface area contributed by atoms with Crippen LogP contribution in [-0.2, 0) is 63.2 Å². The molecule has 7 heavy (non-hydrogen) atoms. The van der Waals surface area contributed by atoms with Crippen molar-refractivity contribution in [3.8, 4) is 0 Å². The van der Waals surface area contributed by atoms with Crippen LogP contribution in [0.5, 0.6) is 0 Å². The summed E-state index contributed by atoms with van der Waals surface area (Å²) in [6.45, 7) is 0. The molecule has 0 saturated heterocycles. The molecule has 0 rings (SSSR count). The van der Waals surface area contributed by atoms with Crippen molar-refractivity contribution < 1.29 is 63.2 Å². The van der Waals surface area contributed by atoms with Gasteiger partial charge in [-0.05, 0) is 0 Å². The van der Waals surface area contributed by atoms with Gasteiger partial charge in [0.15, 0.2) is 0 Å². The zero-order valence-electron chi connectivity index (χ0n) is 0.949. The third-order valence-electron chi connectivity index (χ3n) is 0. The van der Waals surface area contributed by atoms with E-state index in [2.05, 4.69) is 0 Å². The molecule has 0 nitrogen and oxygen atoms in total. The average molecular weight is 1100 g/mol. The van der Waals surface area contributed by atoms with Crippen molar-refractivity contribution in [2.24, 2.45) is 0 Å². The molecule has 0 radical (unpaired) electrons. The van der Waals surface area contributed by atoms with Gasteiger partial charge in [-0.1, -0.05) is 0 Å². The Morgan fingerprint density at radius 1 is 0.286 bits per heavy atom. The Balaban J connectivity index is 0. The summed E-state index contributed by atoms with van der Waals surface area (Å²) < 4.78 is 0. The molecule has 0 heterocycles. The Hall–Kier alpha value is 5.34. The maximum absolute atomic E-state index is 0. The van der Waals surface area contributed by atoms with E-state index in [9.17, 15) is 0 Å². The molecular weight excluding hydrogens is 1070 g/mol. The molecule has 0 N–H and O–H groups in total. The predicted molar refractivity (Wildman–Crippen MR) is 56.5 cm³/mol. The second-order valence-electron chi connectivity index (χ2n) is 0. The van der Waals surface area contributed by atoms with E-state index in [0.717, 1.165) is 0 Å². The zero-order valence-corrected chi connectivity index (χ0v) is 7.77. The topological polar surface area (TPSA) is 0 Å². The molecule has 0 aliphatic rings. The van der Waals surface area contributed by atoms with Crippen molar-refractivity contribution >= 4 is 97.7 Å². The van der Waals surface area contributed by atoms with Crippen LogP contribution in [0.3, 0.4) is 0 Å². The van der Waals surface area contributed by atoms with Crippen LogP contribution in [0.2, 0.25) is 0 Å². The molecule has 0 aromatic heterocycles. The summed E-state index contributed by atoms with van der Waals surface area (Å²) in [6.07, 6.45) is 0. The maximum atomic E-state index is 0. The first-order valence-electron chi connectivity index (χ1n) is 0. The van der Waals surface area contributed by atoms with Crippen molar-refractivity contribution in [3.05, 3.63) is 0 Å². The van der Waals surface area contributed by atoms with Gasteiger partial charge in [0.25, 0.3) is 0 Å². The van der Waals surface area contributed by atoms with Gasteiger partial charge in [-0.15, -0.1) is 0 Å². The van der Waals surface area contributed by atoms with Gasteiger partial charge in [-0.25, -0.2) is 0 Å². The van der Waals surface area contributed by atoms with E-state index in [1.165, 1.54) is 0 Å². The SMILES string of the molecule is [Pt+4].[Pt+4].[Pt+4].[SbH6-3].[SbH6-3].[SbH6-3].[SbH6-3]. The number of rotatable bonds is 0. The molecule has 7 heteroatoms. The second kappa shape index (κ2) is 42.5. The van der Waals surface area contributed by atoms with Crippen molar-refractivity contribution in [2.45, 2.75) is 0 Å². The Kier molecular flexibility index (Phi) is 338.